The Morgan fingerprint density at radius 2 is 2.04 bits per heavy atom. The summed E-state index contributed by atoms with van der Waals surface area (Å²) in [6.07, 6.45) is 1.82. The third-order valence-corrected chi connectivity index (χ3v) is 5.95. The van der Waals surface area contributed by atoms with Crippen LogP contribution in [0.1, 0.15) is 24.1 Å². The summed E-state index contributed by atoms with van der Waals surface area (Å²) in [5.74, 6) is 0.0872. The standard InChI is InChI=1S/C20H22N4O2/c1-13-17(9-21)16-5-3-4-6-18(16)24(13)12-19(25)23-10-14-7-8-15(11-23)22(2)20(14)26/h3-6,14-15H,7-8,10-12H2,1-2H3/t14-,15+/m0/s1. The first-order valence-electron chi connectivity index (χ1n) is 9.03. The number of amides is 2. The smallest absolute Gasteiger partial charge is 0.242 e. The number of hydrogen-bond donors (Lipinski definition) is 0. The molecular formula is C20H22N4O2. The molecule has 2 atom stereocenters. The van der Waals surface area contributed by atoms with Gasteiger partial charge in [-0.25, -0.2) is 0 Å². The zero-order valence-electron chi connectivity index (χ0n) is 15.1. The minimum Gasteiger partial charge on any atom is -0.341 e. The van der Waals surface area contributed by atoms with Crippen molar-refractivity contribution < 1.29 is 9.59 Å². The van der Waals surface area contributed by atoms with Crippen LogP contribution in [-0.4, -0.2) is 52.4 Å². The molecule has 0 unspecified atom stereocenters. The molecule has 4 heterocycles. The Morgan fingerprint density at radius 3 is 2.81 bits per heavy atom. The first-order chi connectivity index (χ1) is 12.5. The topological polar surface area (TPSA) is 69.3 Å². The SMILES string of the molecule is Cc1c(C#N)c2ccccc2n1CC(=O)N1C[C@@H]2CC[C@H](C1)N(C)C2=O. The molecule has 26 heavy (non-hydrogen) atoms. The van der Waals surface area contributed by atoms with Gasteiger partial charge >= 0.3 is 0 Å². The molecule has 2 bridgehead atoms. The molecule has 134 valence electrons. The molecule has 1 aromatic carbocycles. The fourth-order valence-corrected chi connectivity index (χ4v) is 4.37. The van der Waals surface area contributed by atoms with Gasteiger partial charge in [-0.15, -0.1) is 0 Å². The number of hydrogen-bond acceptors (Lipinski definition) is 3. The number of piperidine rings is 1. The van der Waals surface area contributed by atoms with E-state index in [4.69, 9.17) is 0 Å². The Kier molecular flexibility index (Phi) is 3.95. The summed E-state index contributed by atoms with van der Waals surface area (Å²) >= 11 is 0. The Morgan fingerprint density at radius 1 is 1.27 bits per heavy atom. The predicted octanol–water partition coefficient (Wildman–Crippen LogP) is 1.90. The van der Waals surface area contributed by atoms with Crippen molar-refractivity contribution in [1.29, 1.82) is 5.26 Å². The molecule has 0 radical (unpaired) electrons. The highest BCUT2D eigenvalue weighted by molar-refractivity contribution is 5.90. The lowest BCUT2D eigenvalue weighted by Crippen LogP contribution is -2.45. The second kappa shape index (κ2) is 6.17. The van der Waals surface area contributed by atoms with Gasteiger partial charge in [0, 0.05) is 37.3 Å². The average molecular weight is 350 g/mol. The van der Waals surface area contributed by atoms with Crippen molar-refractivity contribution in [2.75, 3.05) is 20.1 Å². The Hall–Kier alpha value is -2.81. The molecular weight excluding hydrogens is 328 g/mol. The molecule has 5 rings (SSSR count). The summed E-state index contributed by atoms with van der Waals surface area (Å²) in [6.45, 7) is 3.18. The van der Waals surface area contributed by atoms with Gasteiger partial charge in [-0.2, -0.15) is 5.26 Å². The van der Waals surface area contributed by atoms with Crippen molar-refractivity contribution >= 4 is 22.7 Å². The van der Waals surface area contributed by atoms with Crippen LogP contribution in [0.4, 0.5) is 0 Å². The molecule has 3 aliphatic heterocycles. The lowest BCUT2D eigenvalue weighted by molar-refractivity contribution is -0.138. The van der Waals surface area contributed by atoms with E-state index in [2.05, 4.69) is 6.07 Å². The number of benzene rings is 1. The second-order valence-corrected chi connectivity index (χ2v) is 7.35. The van der Waals surface area contributed by atoms with Crippen LogP contribution in [0.15, 0.2) is 24.3 Å². The first-order valence-corrected chi connectivity index (χ1v) is 9.03. The molecule has 0 spiro atoms. The minimum atomic E-state index is -0.0835. The van der Waals surface area contributed by atoms with Crippen LogP contribution in [0.2, 0.25) is 0 Å². The molecule has 6 heteroatoms. The second-order valence-electron chi connectivity index (χ2n) is 7.35. The van der Waals surface area contributed by atoms with E-state index in [0.717, 1.165) is 29.4 Å². The summed E-state index contributed by atoms with van der Waals surface area (Å²) in [7, 11) is 1.84. The van der Waals surface area contributed by atoms with Crippen LogP contribution in [0.5, 0.6) is 0 Å². The molecule has 3 fully saturated rings. The molecule has 2 amide bonds. The highest BCUT2D eigenvalue weighted by Gasteiger charge is 2.40. The molecule has 3 aliphatic rings. The summed E-state index contributed by atoms with van der Waals surface area (Å²) in [5, 5.41) is 10.4. The lowest BCUT2D eigenvalue weighted by atomic mass is 9.95. The van der Waals surface area contributed by atoms with Crippen LogP contribution in [0.25, 0.3) is 10.9 Å². The van der Waals surface area contributed by atoms with Gasteiger partial charge in [0.15, 0.2) is 0 Å². The molecule has 0 saturated carbocycles. The molecule has 6 nitrogen and oxygen atoms in total. The van der Waals surface area contributed by atoms with Crippen molar-refractivity contribution in [2.45, 2.75) is 32.4 Å². The minimum absolute atomic E-state index is 0.0124. The lowest BCUT2D eigenvalue weighted by Gasteiger charge is -2.32. The van der Waals surface area contributed by atoms with E-state index in [0.29, 0.717) is 18.7 Å². The Labute approximate surface area is 152 Å². The van der Waals surface area contributed by atoms with Crippen LogP contribution in [0, 0.1) is 24.2 Å². The maximum absolute atomic E-state index is 13.0. The van der Waals surface area contributed by atoms with Crippen molar-refractivity contribution in [2.24, 2.45) is 5.92 Å². The van der Waals surface area contributed by atoms with E-state index in [1.807, 2.05) is 52.6 Å². The van der Waals surface area contributed by atoms with Gasteiger partial charge in [-0.05, 0) is 25.8 Å². The zero-order chi connectivity index (χ0) is 18.4. The zero-order valence-corrected chi connectivity index (χ0v) is 15.1. The summed E-state index contributed by atoms with van der Waals surface area (Å²) < 4.78 is 1.93. The van der Waals surface area contributed by atoms with Crippen LogP contribution < -0.4 is 0 Å². The Bertz CT molecular complexity index is 939. The van der Waals surface area contributed by atoms with E-state index in [-0.39, 0.29) is 30.3 Å². The number of aromatic nitrogens is 1. The maximum Gasteiger partial charge on any atom is 0.242 e. The van der Waals surface area contributed by atoms with Crippen molar-refractivity contribution in [3.63, 3.8) is 0 Å². The van der Waals surface area contributed by atoms with Gasteiger partial charge in [-0.3, -0.25) is 9.59 Å². The fourth-order valence-electron chi connectivity index (χ4n) is 4.37. The number of rotatable bonds is 2. The van der Waals surface area contributed by atoms with Crippen molar-refractivity contribution in [3.05, 3.63) is 35.5 Å². The fraction of sp³-hybridized carbons (Fsp3) is 0.450. The number of para-hydroxylation sites is 1. The van der Waals surface area contributed by atoms with Gasteiger partial charge in [0.05, 0.1) is 17.0 Å². The molecule has 0 aliphatic carbocycles. The van der Waals surface area contributed by atoms with E-state index < -0.39 is 0 Å². The quantitative estimate of drug-likeness (QED) is 0.831. The van der Waals surface area contributed by atoms with Crippen LogP contribution in [0.3, 0.4) is 0 Å². The van der Waals surface area contributed by atoms with Gasteiger partial charge in [-0.1, -0.05) is 18.2 Å². The van der Waals surface area contributed by atoms with Crippen LogP contribution >= 0.6 is 0 Å². The largest absolute Gasteiger partial charge is 0.341 e. The van der Waals surface area contributed by atoms with Crippen molar-refractivity contribution in [1.82, 2.24) is 14.4 Å². The number of carbonyl (C=O) groups excluding carboxylic acids is 2. The van der Waals surface area contributed by atoms with Gasteiger partial charge in [0.25, 0.3) is 0 Å². The summed E-state index contributed by atoms with van der Waals surface area (Å²) in [6, 6.07) is 10.1. The number of nitrogens with zero attached hydrogens (tertiary/aromatic N) is 4. The van der Waals surface area contributed by atoms with E-state index in [1.54, 1.807) is 0 Å². The molecule has 2 aromatic rings. The van der Waals surface area contributed by atoms with E-state index in [9.17, 15) is 14.9 Å². The highest BCUT2D eigenvalue weighted by atomic mass is 16.2. The van der Waals surface area contributed by atoms with Crippen molar-refractivity contribution in [3.8, 4) is 6.07 Å². The maximum atomic E-state index is 13.0. The van der Waals surface area contributed by atoms with E-state index in [1.165, 1.54) is 0 Å². The highest BCUT2D eigenvalue weighted by Crippen LogP contribution is 2.29. The third-order valence-electron chi connectivity index (χ3n) is 5.95. The number of fused-ring (bicyclic) bond motifs is 5. The number of nitriles is 1. The number of carbonyl (C=O) groups is 2. The number of likely N-dealkylation sites (N-methyl/N-ethyl adjacent to an activating group) is 1. The molecule has 0 N–H and O–H groups in total. The monoisotopic (exact) mass is 350 g/mol. The molecule has 1 aromatic heterocycles. The summed E-state index contributed by atoms with van der Waals surface area (Å²) in [5.41, 5.74) is 2.34. The van der Waals surface area contributed by atoms with Gasteiger partial charge < -0.3 is 14.4 Å². The summed E-state index contributed by atoms with van der Waals surface area (Å²) in [4.78, 5) is 29.0. The van der Waals surface area contributed by atoms with Crippen LogP contribution in [-0.2, 0) is 16.1 Å². The average Bonchev–Trinajstić information content (AvgIpc) is 2.79. The first kappa shape index (κ1) is 16.6. The normalized spacial score (nSPS) is 22.6. The predicted molar refractivity (Wildman–Crippen MR) is 97.3 cm³/mol. The van der Waals surface area contributed by atoms with Gasteiger partial charge in [0.2, 0.25) is 11.8 Å². The molecule has 3 saturated heterocycles. The van der Waals surface area contributed by atoms with Gasteiger partial charge in [0.1, 0.15) is 12.6 Å². The third kappa shape index (κ3) is 2.47. The Balaban J connectivity index is 1.64. The van der Waals surface area contributed by atoms with E-state index >= 15 is 0 Å².